The molecule has 0 bridgehead atoms. The first-order chi connectivity index (χ1) is 8.13. The number of carbonyl (C=O) groups is 1. The first kappa shape index (κ1) is 12.4. The van der Waals surface area contributed by atoms with Crippen LogP contribution in [-0.4, -0.2) is 13.1 Å². The van der Waals surface area contributed by atoms with Crippen LogP contribution in [0.5, 0.6) is 0 Å². The van der Waals surface area contributed by atoms with E-state index in [1.165, 1.54) is 24.7 Å². The molecule has 0 spiro atoms. The SMILES string of the molecule is C=C(C)[C@@H]1CCC2=CCCC(C(=O)OC)C2C1. The molecule has 0 aliphatic heterocycles. The largest absolute Gasteiger partial charge is 0.469 e. The maximum absolute atomic E-state index is 11.8. The quantitative estimate of drug-likeness (QED) is 0.540. The van der Waals surface area contributed by atoms with Crippen LogP contribution in [0.1, 0.15) is 39.0 Å². The molecule has 2 aliphatic rings. The molecule has 1 fully saturated rings. The molecular formula is C15H22O2. The Morgan fingerprint density at radius 3 is 2.88 bits per heavy atom. The van der Waals surface area contributed by atoms with Gasteiger partial charge >= 0.3 is 5.97 Å². The highest BCUT2D eigenvalue weighted by Crippen LogP contribution is 2.44. The van der Waals surface area contributed by atoms with Gasteiger partial charge in [-0.2, -0.15) is 0 Å². The minimum atomic E-state index is -0.0250. The smallest absolute Gasteiger partial charge is 0.309 e. The third-order valence-corrected chi connectivity index (χ3v) is 4.37. The van der Waals surface area contributed by atoms with Crippen LogP contribution in [0.4, 0.5) is 0 Å². The predicted molar refractivity (Wildman–Crippen MR) is 68.5 cm³/mol. The summed E-state index contributed by atoms with van der Waals surface area (Å²) in [5, 5.41) is 0. The van der Waals surface area contributed by atoms with Gasteiger partial charge < -0.3 is 4.74 Å². The Morgan fingerprint density at radius 1 is 1.47 bits per heavy atom. The second-order valence-corrected chi connectivity index (χ2v) is 5.41. The Kier molecular flexibility index (Phi) is 3.70. The summed E-state index contributed by atoms with van der Waals surface area (Å²) in [7, 11) is 1.50. The van der Waals surface area contributed by atoms with Gasteiger partial charge in [-0.1, -0.05) is 23.8 Å². The summed E-state index contributed by atoms with van der Waals surface area (Å²) in [6.07, 6.45) is 7.74. The first-order valence-electron chi connectivity index (χ1n) is 6.55. The summed E-state index contributed by atoms with van der Waals surface area (Å²) in [6, 6.07) is 0. The van der Waals surface area contributed by atoms with Gasteiger partial charge in [-0.15, -0.1) is 0 Å². The lowest BCUT2D eigenvalue weighted by atomic mass is 9.67. The standard InChI is InChI=1S/C15H22O2/c1-10(2)12-8-7-11-5-4-6-13(14(11)9-12)15(16)17-3/h5,12-14H,1,4,6-9H2,2-3H3/t12-,13?,14?/m1/s1. The van der Waals surface area contributed by atoms with Crippen molar-refractivity contribution in [2.45, 2.75) is 39.0 Å². The molecule has 3 atom stereocenters. The van der Waals surface area contributed by atoms with Crippen LogP contribution in [0.2, 0.25) is 0 Å². The van der Waals surface area contributed by atoms with Crippen molar-refractivity contribution in [3.63, 3.8) is 0 Å². The fourth-order valence-electron chi connectivity index (χ4n) is 3.31. The molecular weight excluding hydrogens is 212 g/mol. The van der Waals surface area contributed by atoms with E-state index in [0.717, 1.165) is 25.7 Å². The van der Waals surface area contributed by atoms with Gasteiger partial charge in [-0.3, -0.25) is 4.79 Å². The van der Waals surface area contributed by atoms with Gasteiger partial charge in [0, 0.05) is 0 Å². The van der Waals surface area contributed by atoms with Crippen molar-refractivity contribution in [3.05, 3.63) is 23.8 Å². The zero-order chi connectivity index (χ0) is 12.4. The van der Waals surface area contributed by atoms with E-state index in [9.17, 15) is 4.79 Å². The molecule has 2 unspecified atom stereocenters. The highest BCUT2D eigenvalue weighted by atomic mass is 16.5. The lowest BCUT2D eigenvalue weighted by molar-refractivity contribution is -0.147. The highest BCUT2D eigenvalue weighted by molar-refractivity contribution is 5.73. The Balaban J connectivity index is 2.15. The van der Waals surface area contributed by atoms with Gasteiger partial charge in [0.25, 0.3) is 0 Å². The second kappa shape index (κ2) is 5.07. The molecule has 0 aromatic rings. The number of hydrogen-bond acceptors (Lipinski definition) is 2. The maximum atomic E-state index is 11.8. The van der Waals surface area contributed by atoms with Crippen LogP contribution in [0.25, 0.3) is 0 Å². The predicted octanol–water partition coefficient (Wildman–Crippen LogP) is 3.49. The monoisotopic (exact) mass is 234 g/mol. The summed E-state index contributed by atoms with van der Waals surface area (Å²) in [4.78, 5) is 11.8. The van der Waals surface area contributed by atoms with Gasteiger partial charge in [0.15, 0.2) is 0 Å². The van der Waals surface area contributed by atoms with Crippen molar-refractivity contribution in [2.24, 2.45) is 17.8 Å². The molecule has 0 aromatic carbocycles. The number of fused-ring (bicyclic) bond motifs is 1. The lowest BCUT2D eigenvalue weighted by Gasteiger charge is -2.38. The molecule has 2 nitrogen and oxygen atoms in total. The number of allylic oxidation sites excluding steroid dienone is 3. The Morgan fingerprint density at radius 2 is 2.24 bits per heavy atom. The zero-order valence-corrected chi connectivity index (χ0v) is 10.9. The third-order valence-electron chi connectivity index (χ3n) is 4.37. The number of rotatable bonds is 2. The molecule has 1 saturated carbocycles. The fraction of sp³-hybridized carbons (Fsp3) is 0.667. The molecule has 17 heavy (non-hydrogen) atoms. The summed E-state index contributed by atoms with van der Waals surface area (Å²) in [5.74, 6) is 1.05. The van der Waals surface area contributed by atoms with E-state index in [1.54, 1.807) is 0 Å². The highest BCUT2D eigenvalue weighted by Gasteiger charge is 2.37. The fourth-order valence-corrected chi connectivity index (χ4v) is 3.31. The molecule has 0 radical (unpaired) electrons. The molecule has 2 rings (SSSR count). The number of carbonyl (C=O) groups excluding carboxylic acids is 1. The summed E-state index contributed by atoms with van der Waals surface area (Å²) in [5.41, 5.74) is 2.75. The number of ether oxygens (including phenoxy) is 1. The van der Waals surface area contributed by atoms with Crippen LogP contribution < -0.4 is 0 Å². The molecule has 2 aliphatic carbocycles. The average Bonchev–Trinajstić information content (AvgIpc) is 2.36. The van der Waals surface area contributed by atoms with E-state index in [-0.39, 0.29) is 11.9 Å². The van der Waals surface area contributed by atoms with Crippen molar-refractivity contribution in [1.82, 2.24) is 0 Å². The molecule has 0 aromatic heterocycles. The minimum Gasteiger partial charge on any atom is -0.469 e. The van der Waals surface area contributed by atoms with Crippen molar-refractivity contribution in [2.75, 3.05) is 7.11 Å². The van der Waals surface area contributed by atoms with E-state index >= 15 is 0 Å². The molecule has 94 valence electrons. The van der Waals surface area contributed by atoms with Gasteiger partial charge in [-0.05, 0) is 50.9 Å². The van der Waals surface area contributed by atoms with E-state index in [1.807, 2.05) is 0 Å². The topological polar surface area (TPSA) is 26.3 Å². The lowest BCUT2D eigenvalue weighted by Crippen LogP contribution is -2.33. The van der Waals surface area contributed by atoms with E-state index in [4.69, 9.17) is 4.74 Å². The van der Waals surface area contributed by atoms with Crippen molar-refractivity contribution >= 4 is 5.97 Å². The van der Waals surface area contributed by atoms with Crippen LogP contribution >= 0.6 is 0 Å². The normalized spacial score (nSPS) is 32.4. The van der Waals surface area contributed by atoms with Crippen molar-refractivity contribution in [3.8, 4) is 0 Å². The van der Waals surface area contributed by atoms with E-state index < -0.39 is 0 Å². The summed E-state index contributed by atoms with van der Waals surface area (Å²) < 4.78 is 4.95. The maximum Gasteiger partial charge on any atom is 0.309 e. The number of esters is 1. The molecule has 0 saturated heterocycles. The van der Waals surface area contributed by atoms with Gasteiger partial charge in [0.1, 0.15) is 0 Å². The zero-order valence-electron chi connectivity index (χ0n) is 10.9. The van der Waals surface area contributed by atoms with E-state index in [2.05, 4.69) is 19.6 Å². The molecule has 0 heterocycles. The van der Waals surface area contributed by atoms with Gasteiger partial charge in [0.05, 0.1) is 13.0 Å². The van der Waals surface area contributed by atoms with Crippen LogP contribution in [0.15, 0.2) is 23.8 Å². The van der Waals surface area contributed by atoms with E-state index in [0.29, 0.717) is 11.8 Å². The second-order valence-electron chi connectivity index (χ2n) is 5.41. The van der Waals surface area contributed by atoms with Crippen LogP contribution in [0, 0.1) is 17.8 Å². The first-order valence-corrected chi connectivity index (χ1v) is 6.55. The molecule has 0 N–H and O–H groups in total. The van der Waals surface area contributed by atoms with Crippen LogP contribution in [-0.2, 0) is 9.53 Å². The van der Waals surface area contributed by atoms with Crippen molar-refractivity contribution in [1.29, 1.82) is 0 Å². The molecule has 2 heteroatoms. The van der Waals surface area contributed by atoms with Crippen LogP contribution in [0.3, 0.4) is 0 Å². The number of methoxy groups -OCH3 is 1. The average molecular weight is 234 g/mol. The summed E-state index contributed by atoms with van der Waals surface area (Å²) >= 11 is 0. The Hall–Kier alpha value is -1.05. The van der Waals surface area contributed by atoms with Crippen molar-refractivity contribution < 1.29 is 9.53 Å². The minimum absolute atomic E-state index is 0.0250. The number of hydrogen-bond donors (Lipinski definition) is 0. The Labute approximate surface area is 104 Å². The molecule has 0 amide bonds. The Bertz CT molecular complexity index is 354. The van der Waals surface area contributed by atoms with Gasteiger partial charge in [0.2, 0.25) is 0 Å². The third kappa shape index (κ3) is 2.46. The van der Waals surface area contributed by atoms with Gasteiger partial charge in [-0.25, -0.2) is 0 Å². The summed E-state index contributed by atoms with van der Waals surface area (Å²) in [6.45, 7) is 6.18.